The molecule has 6 heterocycles. The van der Waals surface area contributed by atoms with Crippen molar-refractivity contribution in [2.75, 3.05) is 56.3 Å². The van der Waals surface area contributed by atoms with Gasteiger partial charge in [-0.3, -0.25) is 9.59 Å². The van der Waals surface area contributed by atoms with Crippen molar-refractivity contribution >= 4 is 57.4 Å². The molecule has 0 bridgehead atoms. The molecule has 3 aromatic carbocycles. The van der Waals surface area contributed by atoms with Crippen LogP contribution >= 0.6 is 0 Å². The lowest BCUT2D eigenvalue weighted by Crippen LogP contribution is -2.51. The van der Waals surface area contributed by atoms with Crippen LogP contribution in [-0.4, -0.2) is 112 Å². The van der Waals surface area contributed by atoms with E-state index < -0.39 is 24.3 Å². The third kappa shape index (κ3) is 9.21. The summed E-state index contributed by atoms with van der Waals surface area (Å²) < 4.78 is 15.8. The van der Waals surface area contributed by atoms with Crippen LogP contribution in [0.25, 0.3) is 22.1 Å². The van der Waals surface area contributed by atoms with Crippen molar-refractivity contribution < 1.29 is 33.4 Å². The van der Waals surface area contributed by atoms with Gasteiger partial charge in [0.15, 0.2) is 6.10 Å². The van der Waals surface area contributed by atoms with Crippen molar-refractivity contribution in [3.8, 4) is 0 Å². The van der Waals surface area contributed by atoms with Crippen molar-refractivity contribution in [3.05, 3.63) is 83.4 Å². The van der Waals surface area contributed by atoms with Gasteiger partial charge in [-0.2, -0.15) is 0 Å². The van der Waals surface area contributed by atoms with Crippen molar-refractivity contribution in [2.45, 2.75) is 109 Å². The molecule has 0 aliphatic carbocycles. The predicted octanol–water partition coefficient (Wildman–Crippen LogP) is 7.58. The number of imidazole rings is 2. The van der Waals surface area contributed by atoms with Gasteiger partial charge in [-0.1, -0.05) is 39.8 Å². The van der Waals surface area contributed by atoms with Gasteiger partial charge >= 0.3 is 12.2 Å². The predicted molar refractivity (Wildman–Crippen MR) is 254 cm³/mol. The highest BCUT2D eigenvalue weighted by atomic mass is 16.6. The fourth-order valence-corrected chi connectivity index (χ4v) is 10.7. The molecule has 0 radical (unpaired) electrons. The van der Waals surface area contributed by atoms with Gasteiger partial charge in [-0.25, -0.2) is 19.6 Å². The van der Waals surface area contributed by atoms with Crippen molar-refractivity contribution in [3.63, 3.8) is 0 Å². The second-order valence-corrected chi connectivity index (χ2v) is 18.9. The Morgan fingerprint density at radius 1 is 0.746 bits per heavy atom. The Bertz CT molecular complexity index is 2590. The van der Waals surface area contributed by atoms with Crippen LogP contribution in [0.3, 0.4) is 0 Å². The number of methoxy groups -OCH3 is 1. The zero-order chi connectivity index (χ0) is 46.9. The van der Waals surface area contributed by atoms with Gasteiger partial charge in [0.1, 0.15) is 17.7 Å². The number of anilines is 2. The molecule has 4 fully saturated rings. The lowest BCUT2D eigenvalue weighted by molar-refractivity contribution is -0.144. The molecule has 17 nitrogen and oxygen atoms in total. The summed E-state index contributed by atoms with van der Waals surface area (Å²) >= 11 is 0. The number of ether oxygens (including phenoxy) is 3. The Hall–Kier alpha value is -6.36. The average Bonchev–Trinajstić information content (AvgIpc) is 4.20. The summed E-state index contributed by atoms with van der Waals surface area (Å²) in [6.45, 7) is 11.9. The Kier molecular flexibility index (Phi) is 13.3. The van der Waals surface area contributed by atoms with E-state index in [4.69, 9.17) is 29.9 Å². The largest absolute Gasteiger partial charge is 0.453 e. The number of hydrogen-bond donors (Lipinski definition) is 4. The number of nitrogens with zero attached hydrogens (tertiary/aromatic N) is 6. The molecule has 9 rings (SSSR count). The molecule has 1 unspecified atom stereocenters. The lowest BCUT2D eigenvalue weighted by atomic mass is 10.00. The summed E-state index contributed by atoms with van der Waals surface area (Å²) in [5.74, 6) is 0.762. The van der Waals surface area contributed by atoms with Crippen LogP contribution in [0.15, 0.2) is 60.7 Å². The number of primary amides is 1. The number of fused-ring (bicyclic) bond motifs is 2. The van der Waals surface area contributed by atoms with E-state index in [0.29, 0.717) is 38.5 Å². The van der Waals surface area contributed by atoms with E-state index in [1.54, 1.807) is 4.90 Å². The van der Waals surface area contributed by atoms with Gasteiger partial charge in [0.25, 0.3) is 5.91 Å². The monoisotopic (exact) mass is 916 g/mol. The number of aromatic amines is 2. The highest BCUT2D eigenvalue weighted by Gasteiger charge is 2.41. The number of carbonyl (C=O) groups is 4. The molecule has 17 heteroatoms. The van der Waals surface area contributed by atoms with E-state index in [1.807, 2.05) is 32.6 Å². The quantitative estimate of drug-likeness (QED) is 0.0907. The van der Waals surface area contributed by atoms with E-state index >= 15 is 0 Å². The van der Waals surface area contributed by atoms with E-state index in [2.05, 4.69) is 85.7 Å². The first kappa shape index (κ1) is 45.8. The van der Waals surface area contributed by atoms with Crippen LogP contribution < -0.4 is 20.9 Å². The summed E-state index contributed by atoms with van der Waals surface area (Å²) in [7, 11) is 1.30. The SMILES string of the molecule is CCC(C)[C@H](OC(N)=O)C(=O)N1CCC[C@H]1c1nc2cc([C@H]3CC[C@H](c4ccc5[nH]c([C@@H]6CCCN6C(=O)[C@@H](NC(=O)OC)C(C)C)nc5c4)N3c3ccc(N4CCOCC4)cc3)ccc2[nH]1. The maximum Gasteiger partial charge on any atom is 0.407 e. The zero-order valence-corrected chi connectivity index (χ0v) is 39.2. The van der Waals surface area contributed by atoms with Crippen molar-refractivity contribution in [1.29, 1.82) is 0 Å². The normalized spacial score (nSPS) is 22.4. The first-order valence-corrected chi connectivity index (χ1v) is 24.0. The van der Waals surface area contributed by atoms with Crippen molar-refractivity contribution in [2.24, 2.45) is 17.6 Å². The fraction of sp³-hybridized carbons (Fsp3) is 0.520. The molecule has 2 aromatic heterocycles. The molecule has 0 saturated carbocycles. The summed E-state index contributed by atoms with van der Waals surface area (Å²) in [4.78, 5) is 77.7. The number of rotatable bonds is 13. The third-order valence-corrected chi connectivity index (χ3v) is 14.5. The molecular formula is C50H64N10O7. The van der Waals surface area contributed by atoms with Crippen molar-refractivity contribution in [1.82, 2.24) is 35.1 Å². The number of alkyl carbamates (subject to hydrolysis) is 1. The van der Waals surface area contributed by atoms with E-state index in [9.17, 15) is 19.2 Å². The summed E-state index contributed by atoms with van der Waals surface area (Å²) in [6.07, 6.45) is 3.09. The molecule has 5 N–H and O–H groups in total. The molecular weight excluding hydrogens is 853 g/mol. The minimum Gasteiger partial charge on any atom is -0.453 e. The number of likely N-dealkylation sites (tertiary alicyclic amines) is 2. The summed E-state index contributed by atoms with van der Waals surface area (Å²) in [5, 5.41) is 2.74. The molecule has 0 spiro atoms. The van der Waals surface area contributed by atoms with Gasteiger partial charge in [0.05, 0.1) is 66.6 Å². The number of hydrogen-bond acceptors (Lipinski definition) is 11. The van der Waals surface area contributed by atoms with Crippen LogP contribution in [-0.2, 0) is 23.8 Å². The number of morpholine rings is 1. The number of benzene rings is 3. The van der Waals surface area contributed by atoms with Gasteiger partial charge in [-0.05, 0) is 111 Å². The van der Waals surface area contributed by atoms with Crippen LogP contribution in [0.2, 0.25) is 0 Å². The molecule has 67 heavy (non-hydrogen) atoms. The van der Waals surface area contributed by atoms with Crippen LogP contribution in [0.5, 0.6) is 0 Å². The number of nitrogens with two attached hydrogens (primary N) is 1. The number of nitrogens with one attached hydrogen (secondary N) is 3. The molecule has 4 aliphatic rings. The number of aromatic nitrogens is 4. The van der Waals surface area contributed by atoms with Gasteiger partial charge < -0.3 is 54.8 Å². The van der Waals surface area contributed by atoms with Crippen LogP contribution in [0, 0.1) is 11.8 Å². The first-order valence-electron chi connectivity index (χ1n) is 24.0. The first-order chi connectivity index (χ1) is 32.4. The Morgan fingerprint density at radius 2 is 1.28 bits per heavy atom. The molecule has 7 atom stereocenters. The van der Waals surface area contributed by atoms with Gasteiger partial charge in [0.2, 0.25) is 5.91 Å². The fourth-order valence-electron chi connectivity index (χ4n) is 10.7. The minimum atomic E-state index is -0.952. The molecule has 4 aliphatic heterocycles. The van der Waals surface area contributed by atoms with Crippen LogP contribution in [0.1, 0.15) is 120 Å². The average molecular weight is 917 g/mol. The second-order valence-electron chi connectivity index (χ2n) is 18.9. The summed E-state index contributed by atoms with van der Waals surface area (Å²) in [5.41, 5.74) is 13.5. The maximum absolute atomic E-state index is 13.9. The van der Waals surface area contributed by atoms with Gasteiger partial charge in [-0.15, -0.1) is 0 Å². The van der Waals surface area contributed by atoms with Gasteiger partial charge in [0, 0.05) is 43.5 Å². The molecule has 356 valence electrons. The Labute approximate surface area is 391 Å². The minimum absolute atomic E-state index is 0.0339. The van der Waals surface area contributed by atoms with E-state index in [-0.39, 0.29) is 47.8 Å². The van der Waals surface area contributed by atoms with E-state index in [0.717, 1.165) is 96.3 Å². The van der Waals surface area contributed by atoms with Crippen LogP contribution in [0.4, 0.5) is 21.0 Å². The molecule has 5 aromatic rings. The smallest absolute Gasteiger partial charge is 0.407 e. The van der Waals surface area contributed by atoms with E-state index in [1.165, 1.54) is 12.8 Å². The lowest BCUT2D eigenvalue weighted by Gasteiger charge is -2.34. The topological polar surface area (TPSA) is 204 Å². The number of carbonyl (C=O) groups excluding carboxylic acids is 4. The number of amides is 4. The zero-order valence-electron chi connectivity index (χ0n) is 39.2. The Balaban J connectivity index is 1.01. The maximum atomic E-state index is 13.9. The molecule has 4 saturated heterocycles. The third-order valence-electron chi connectivity index (χ3n) is 14.5. The highest BCUT2D eigenvalue weighted by Crippen LogP contribution is 2.48. The highest BCUT2D eigenvalue weighted by molar-refractivity contribution is 5.87. The standard InChI is InChI=1S/C50H64N10O7/c1-6-30(4)44(67-49(51)63)48(62)59-22-8-10-42(59)46-53-36-18-12-32(28-38(36)55-46)40-20-19-39(60(40)34-15-13-33(14-16-34)57-23-25-66-26-24-57)31-11-17-35-37(27-31)54-45(52-35)41-9-7-21-58(41)47(61)43(29(2)3)56-50(64)65-5/h11-18,27-30,39-44H,6-10,19-26H2,1-5H3,(H2,51,63)(H,52,54)(H,53,55)(H,56,64)/t30?,39-,40-,41+,42+,43+,44+/m1/s1. The summed E-state index contributed by atoms with van der Waals surface area (Å²) in [6, 6.07) is 20.7. The molecule has 4 amide bonds. The second kappa shape index (κ2) is 19.5. The Morgan fingerprint density at radius 3 is 1.79 bits per heavy atom. The number of H-pyrrole nitrogens is 2.